The van der Waals surface area contributed by atoms with Crippen LogP contribution in [0.2, 0.25) is 0 Å². The monoisotopic (exact) mass is 513 g/mol. The number of carbonyl (C=O) groups excluding carboxylic acids is 1. The summed E-state index contributed by atoms with van der Waals surface area (Å²) < 4.78 is 60.1. The fourth-order valence-electron chi connectivity index (χ4n) is 5.06. The average molecular weight is 514 g/mol. The quantitative estimate of drug-likeness (QED) is 0.420. The molecule has 0 spiro atoms. The van der Waals surface area contributed by atoms with Crippen molar-refractivity contribution >= 4 is 5.91 Å². The van der Waals surface area contributed by atoms with Crippen LogP contribution in [0.1, 0.15) is 44.1 Å². The summed E-state index contributed by atoms with van der Waals surface area (Å²) in [5.41, 5.74) is -0.630. The SMILES string of the molecule is C#C[C@H]1CC[C@@H](C#N)N1C(=O)CN[C@H]1CC[C@H](Oc2ccc(C(F)(F)F)c(-c3ccc(F)cc3)c2)CC1. The summed E-state index contributed by atoms with van der Waals surface area (Å²) in [5, 5.41) is 12.5. The molecule has 1 saturated carbocycles. The van der Waals surface area contributed by atoms with Crippen LogP contribution in [0.4, 0.5) is 17.6 Å². The number of terminal acetylenes is 1. The zero-order valence-electron chi connectivity index (χ0n) is 20.1. The fourth-order valence-corrected chi connectivity index (χ4v) is 5.06. The molecule has 0 aromatic heterocycles. The molecule has 2 aromatic carbocycles. The van der Waals surface area contributed by atoms with Crippen molar-refractivity contribution in [2.45, 2.75) is 68.9 Å². The number of hydrogen-bond acceptors (Lipinski definition) is 4. The standard InChI is InChI=1S/C28H27F4N3O2/c1-2-21-9-10-22(16-33)35(21)27(36)17-34-20-7-11-23(12-8-20)37-24-13-14-26(28(30,31)32)25(15-24)18-3-5-19(29)6-4-18/h1,3-6,13-15,20-23,34H,7-12,17H2/t20-,21-,22-,23-/m0/s1. The molecule has 2 atom stereocenters. The van der Waals surface area contributed by atoms with Gasteiger partial charge in [0.25, 0.3) is 0 Å². The predicted octanol–water partition coefficient (Wildman–Crippen LogP) is 5.31. The average Bonchev–Trinajstić information content (AvgIpc) is 3.31. The minimum absolute atomic E-state index is 0.0678. The largest absolute Gasteiger partial charge is 0.490 e. The first-order valence-electron chi connectivity index (χ1n) is 12.2. The van der Waals surface area contributed by atoms with Crippen LogP contribution in [-0.2, 0) is 11.0 Å². The first-order chi connectivity index (χ1) is 17.7. The van der Waals surface area contributed by atoms with Gasteiger partial charge in [-0.1, -0.05) is 18.1 Å². The Balaban J connectivity index is 1.34. The Labute approximate surface area is 213 Å². The van der Waals surface area contributed by atoms with Gasteiger partial charge >= 0.3 is 6.18 Å². The van der Waals surface area contributed by atoms with Crippen LogP contribution in [-0.4, -0.2) is 41.6 Å². The second-order valence-electron chi connectivity index (χ2n) is 9.39. The van der Waals surface area contributed by atoms with E-state index < -0.39 is 23.6 Å². The molecule has 37 heavy (non-hydrogen) atoms. The number of rotatable bonds is 6. The van der Waals surface area contributed by atoms with Crippen molar-refractivity contribution in [1.82, 2.24) is 10.2 Å². The van der Waals surface area contributed by atoms with Gasteiger partial charge in [-0.15, -0.1) is 6.42 Å². The van der Waals surface area contributed by atoms with Gasteiger partial charge in [-0.3, -0.25) is 4.79 Å². The summed E-state index contributed by atoms with van der Waals surface area (Å²) in [6, 6.07) is 9.89. The highest BCUT2D eigenvalue weighted by molar-refractivity contribution is 5.80. The molecule has 194 valence electrons. The molecule has 2 aromatic rings. The molecule has 9 heteroatoms. The molecule has 2 aliphatic rings. The Morgan fingerprint density at radius 3 is 2.35 bits per heavy atom. The maximum absolute atomic E-state index is 13.6. The van der Waals surface area contributed by atoms with Crippen molar-refractivity contribution < 1.29 is 27.1 Å². The zero-order chi connectivity index (χ0) is 26.6. The normalized spacial score (nSPS) is 23.8. The highest BCUT2D eigenvalue weighted by Crippen LogP contribution is 2.39. The maximum Gasteiger partial charge on any atom is 0.417 e. The van der Waals surface area contributed by atoms with Crippen molar-refractivity contribution in [3.63, 3.8) is 0 Å². The van der Waals surface area contributed by atoms with E-state index in [4.69, 9.17) is 11.2 Å². The number of alkyl halides is 3. The summed E-state index contributed by atoms with van der Waals surface area (Å²) in [6.45, 7) is 0.0898. The number of halogens is 4. The molecule has 1 heterocycles. The van der Waals surface area contributed by atoms with Crippen molar-refractivity contribution in [3.8, 4) is 35.3 Å². The third kappa shape index (κ3) is 6.23. The third-order valence-corrected chi connectivity index (χ3v) is 6.99. The lowest BCUT2D eigenvalue weighted by atomic mass is 9.92. The topological polar surface area (TPSA) is 65.4 Å². The number of carbonyl (C=O) groups is 1. The summed E-state index contributed by atoms with van der Waals surface area (Å²) in [6.07, 6.45) is 4.74. The number of nitriles is 1. The second kappa shape index (κ2) is 11.2. The van der Waals surface area contributed by atoms with Gasteiger partial charge in [0.15, 0.2) is 0 Å². The van der Waals surface area contributed by atoms with E-state index >= 15 is 0 Å². The zero-order valence-corrected chi connectivity index (χ0v) is 20.1. The van der Waals surface area contributed by atoms with Crippen LogP contribution in [0.5, 0.6) is 5.75 Å². The number of nitrogens with one attached hydrogen (secondary N) is 1. The Morgan fingerprint density at radius 2 is 1.73 bits per heavy atom. The van der Waals surface area contributed by atoms with Gasteiger partial charge in [-0.05, 0) is 80.0 Å². The number of ether oxygens (including phenoxy) is 1. The lowest BCUT2D eigenvalue weighted by Crippen LogP contribution is -2.47. The molecule has 1 aliphatic carbocycles. The number of amides is 1. The van der Waals surface area contributed by atoms with Crippen molar-refractivity contribution in [1.29, 1.82) is 5.26 Å². The Kier molecular flexibility index (Phi) is 8.04. The van der Waals surface area contributed by atoms with E-state index in [9.17, 15) is 27.6 Å². The molecule has 0 bridgehead atoms. The Bertz CT molecular complexity index is 1170. The van der Waals surface area contributed by atoms with Crippen LogP contribution < -0.4 is 10.1 Å². The lowest BCUT2D eigenvalue weighted by molar-refractivity contribution is -0.137. The molecule has 5 nitrogen and oxygen atoms in total. The van der Waals surface area contributed by atoms with Crippen LogP contribution in [0, 0.1) is 29.5 Å². The van der Waals surface area contributed by atoms with E-state index in [0.29, 0.717) is 31.4 Å². The molecular weight excluding hydrogens is 486 g/mol. The molecule has 0 unspecified atom stereocenters. The number of hydrogen-bond donors (Lipinski definition) is 1. The van der Waals surface area contributed by atoms with Gasteiger partial charge in [0.2, 0.25) is 5.91 Å². The highest BCUT2D eigenvalue weighted by atomic mass is 19.4. The first kappa shape index (κ1) is 26.5. The first-order valence-corrected chi connectivity index (χ1v) is 12.2. The predicted molar refractivity (Wildman–Crippen MR) is 130 cm³/mol. The number of likely N-dealkylation sites (tertiary alicyclic amines) is 1. The van der Waals surface area contributed by atoms with E-state index in [1.54, 1.807) is 0 Å². The van der Waals surface area contributed by atoms with Crippen molar-refractivity contribution in [3.05, 3.63) is 53.8 Å². The number of nitrogens with zero attached hydrogens (tertiary/aromatic N) is 2. The maximum atomic E-state index is 13.6. The molecule has 4 rings (SSSR count). The van der Waals surface area contributed by atoms with E-state index in [0.717, 1.165) is 31.0 Å². The molecule has 0 radical (unpaired) electrons. The highest BCUT2D eigenvalue weighted by Gasteiger charge is 2.36. The Morgan fingerprint density at radius 1 is 1.05 bits per heavy atom. The molecule has 1 amide bonds. The molecule has 1 aliphatic heterocycles. The molecular formula is C28H27F4N3O2. The van der Waals surface area contributed by atoms with Crippen LogP contribution in [0.3, 0.4) is 0 Å². The van der Waals surface area contributed by atoms with Crippen molar-refractivity contribution in [2.75, 3.05) is 6.54 Å². The summed E-state index contributed by atoms with van der Waals surface area (Å²) in [7, 11) is 0. The lowest BCUT2D eigenvalue weighted by Gasteiger charge is -2.31. The fraction of sp³-hybridized carbons (Fsp3) is 0.429. The third-order valence-electron chi connectivity index (χ3n) is 6.99. The van der Waals surface area contributed by atoms with Crippen LogP contribution in [0.25, 0.3) is 11.1 Å². The minimum Gasteiger partial charge on any atom is -0.490 e. The van der Waals surface area contributed by atoms with Gasteiger partial charge in [-0.25, -0.2) is 4.39 Å². The van der Waals surface area contributed by atoms with Gasteiger partial charge in [0, 0.05) is 6.04 Å². The van der Waals surface area contributed by atoms with Gasteiger partial charge in [0.05, 0.1) is 30.3 Å². The Hall–Kier alpha value is -3.56. The van der Waals surface area contributed by atoms with E-state index in [1.807, 2.05) is 0 Å². The van der Waals surface area contributed by atoms with Gasteiger partial charge in [-0.2, -0.15) is 18.4 Å². The number of benzene rings is 2. The van der Waals surface area contributed by atoms with E-state index in [2.05, 4.69) is 17.3 Å². The van der Waals surface area contributed by atoms with Crippen molar-refractivity contribution in [2.24, 2.45) is 0 Å². The molecule has 1 saturated heterocycles. The van der Waals surface area contributed by atoms with E-state index in [-0.39, 0.29) is 41.8 Å². The minimum atomic E-state index is -4.56. The second-order valence-corrected chi connectivity index (χ2v) is 9.39. The summed E-state index contributed by atoms with van der Waals surface area (Å²) in [4.78, 5) is 14.2. The smallest absolute Gasteiger partial charge is 0.417 e. The summed E-state index contributed by atoms with van der Waals surface area (Å²) in [5.74, 6) is 2.18. The van der Waals surface area contributed by atoms with Crippen LogP contribution >= 0.6 is 0 Å². The summed E-state index contributed by atoms with van der Waals surface area (Å²) >= 11 is 0. The van der Waals surface area contributed by atoms with E-state index in [1.165, 1.54) is 29.2 Å². The molecule has 2 fully saturated rings. The molecule has 1 N–H and O–H groups in total. The van der Waals surface area contributed by atoms with Crippen LogP contribution in [0.15, 0.2) is 42.5 Å². The van der Waals surface area contributed by atoms with Gasteiger partial charge < -0.3 is 15.0 Å². The van der Waals surface area contributed by atoms with Gasteiger partial charge in [0.1, 0.15) is 17.6 Å².